The van der Waals surface area contributed by atoms with Crippen molar-refractivity contribution in [3.05, 3.63) is 71.8 Å². The van der Waals surface area contributed by atoms with Crippen molar-refractivity contribution in [2.75, 3.05) is 0 Å². The number of hydrogen-bond acceptors (Lipinski definition) is 2. The van der Waals surface area contributed by atoms with Gasteiger partial charge in [-0.1, -0.05) is 60.7 Å². The predicted molar refractivity (Wildman–Crippen MR) is 69.6 cm³/mol. The van der Waals surface area contributed by atoms with Gasteiger partial charge in [0.15, 0.2) is 0 Å². The second-order valence-corrected chi connectivity index (χ2v) is 4.27. The van der Waals surface area contributed by atoms with Gasteiger partial charge in [-0.2, -0.15) is 12.6 Å². The number of aliphatic hydroxyl groups excluding tert-OH is 1. The lowest BCUT2D eigenvalue weighted by atomic mass is 10.0. The number of rotatable bonds is 3. The lowest BCUT2D eigenvalue weighted by Gasteiger charge is -2.18. The molecule has 0 heterocycles. The largest absolute Gasteiger partial charge is 0.387 e. The van der Waals surface area contributed by atoms with E-state index in [1.54, 1.807) is 0 Å². The van der Waals surface area contributed by atoms with Gasteiger partial charge >= 0.3 is 0 Å². The van der Waals surface area contributed by atoms with Crippen LogP contribution in [0.25, 0.3) is 0 Å². The Balaban J connectivity index is 2.20. The van der Waals surface area contributed by atoms with E-state index in [1.165, 1.54) is 0 Å². The third-order valence-corrected chi connectivity index (χ3v) is 3.16. The Morgan fingerprint density at radius 2 is 1.19 bits per heavy atom. The highest BCUT2D eigenvalue weighted by molar-refractivity contribution is 7.80. The minimum Gasteiger partial charge on any atom is -0.387 e. The van der Waals surface area contributed by atoms with E-state index in [1.807, 2.05) is 60.7 Å². The number of benzene rings is 2. The Labute approximate surface area is 101 Å². The van der Waals surface area contributed by atoms with Gasteiger partial charge in [0.2, 0.25) is 0 Å². The predicted octanol–water partition coefficient (Wildman–Crippen LogP) is 3.39. The maximum absolute atomic E-state index is 10.2. The molecule has 0 radical (unpaired) electrons. The Morgan fingerprint density at radius 3 is 1.69 bits per heavy atom. The third kappa shape index (κ3) is 2.46. The van der Waals surface area contributed by atoms with Crippen LogP contribution in [-0.4, -0.2) is 5.11 Å². The van der Waals surface area contributed by atoms with Gasteiger partial charge in [-0.3, -0.25) is 0 Å². The summed E-state index contributed by atoms with van der Waals surface area (Å²) in [6.45, 7) is 0. The molecular formula is C14H14OS. The molecule has 0 aliphatic heterocycles. The first-order valence-corrected chi connectivity index (χ1v) is 5.76. The summed E-state index contributed by atoms with van der Waals surface area (Å²) in [5, 5.41) is 9.97. The first kappa shape index (κ1) is 11.2. The van der Waals surface area contributed by atoms with Gasteiger partial charge in [0, 0.05) is 0 Å². The molecule has 0 spiro atoms. The van der Waals surface area contributed by atoms with Crippen LogP contribution in [0.15, 0.2) is 60.7 Å². The van der Waals surface area contributed by atoms with Gasteiger partial charge in [0.1, 0.15) is 0 Å². The standard InChI is InChI=1S/C14H14OS/c15-13(11-7-3-1-4-8-11)14(16)12-9-5-2-6-10-12/h1-10,13-16H/t13-,14-/m0/s1. The molecule has 0 fully saturated rings. The van der Waals surface area contributed by atoms with E-state index in [9.17, 15) is 5.11 Å². The normalized spacial score (nSPS) is 14.4. The molecule has 2 atom stereocenters. The Kier molecular flexibility index (Phi) is 3.65. The van der Waals surface area contributed by atoms with Crippen molar-refractivity contribution in [2.24, 2.45) is 0 Å². The molecule has 0 amide bonds. The molecule has 2 heteroatoms. The molecule has 1 nitrogen and oxygen atoms in total. The first-order chi connectivity index (χ1) is 7.79. The van der Waals surface area contributed by atoms with Crippen LogP contribution in [0.2, 0.25) is 0 Å². The number of hydrogen-bond donors (Lipinski definition) is 2. The van der Waals surface area contributed by atoms with E-state index < -0.39 is 6.10 Å². The molecule has 1 N–H and O–H groups in total. The van der Waals surface area contributed by atoms with E-state index in [-0.39, 0.29) is 5.25 Å². The molecule has 2 aromatic rings. The summed E-state index contributed by atoms with van der Waals surface area (Å²) in [6, 6.07) is 19.4. The van der Waals surface area contributed by atoms with Crippen LogP contribution >= 0.6 is 12.6 Å². The summed E-state index contributed by atoms with van der Waals surface area (Å²) in [7, 11) is 0. The zero-order valence-electron chi connectivity index (χ0n) is 8.82. The van der Waals surface area contributed by atoms with Crippen LogP contribution in [-0.2, 0) is 0 Å². The third-order valence-electron chi connectivity index (χ3n) is 2.58. The van der Waals surface area contributed by atoms with Crippen molar-refractivity contribution in [1.82, 2.24) is 0 Å². The monoisotopic (exact) mass is 230 g/mol. The Hall–Kier alpha value is -1.25. The summed E-state index contributed by atoms with van der Waals surface area (Å²) in [6.07, 6.45) is -0.577. The fourth-order valence-corrected chi connectivity index (χ4v) is 2.01. The van der Waals surface area contributed by atoms with E-state index in [4.69, 9.17) is 0 Å². The maximum Gasteiger partial charge on any atom is 0.0946 e. The smallest absolute Gasteiger partial charge is 0.0946 e. The molecule has 82 valence electrons. The topological polar surface area (TPSA) is 20.2 Å². The highest BCUT2D eigenvalue weighted by Gasteiger charge is 2.18. The first-order valence-electron chi connectivity index (χ1n) is 5.25. The van der Waals surface area contributed by atoms with Crippen LogP contribution in [0.1, 0.15) is 22.5 Å². The van der Waals surface area contributed by atoms with E-state index >= 15 is 0 Å². The maximum atomic E-state index is 10.2. The molecule has 0 saturated carbocycles. The summed E-state index contributed by atoms with van der Waals surface area (Å²) in [5.41, 5.74) is 1.92. The summed E-state index contributed by atoms with van der Waals surface area (Å²) in [4.78, 5) is 0. The fraction of sp³-hybridized carbons (Fsp3) is 0.143. The van der Waals surface area contributed by atoms with Gasteiger partial charge in [0.05, 0.1) is 11.4 Å². The highest BCUT2D eigenvalue weighted by Crippen LogP contribution is 2.33. The Bertz CT molecular complexity index is 384. The van der Waals surface area contributed by atoms with Crippen LogP contribution in [0.4, 0.5) is 0 Å². The quantitative estimate of drug-likeness (QED) is 0.774. The molecule has 0 unspecified atom stereocenters. The van der Waals surface area contributed by atoms with Crippen molar-refractivity contribution in [3.8, 4) is 0 Å². The average molecular weight is 230 g/mol. The minimum atomic E-state index is -0.577. The Morgan fingerprint density at radius 1 is 0.750 bits per heavy atom. The van der Waals surface area contributed by atoms with Crippen LogP contribution in [0, 0.1) is 0 Å². The zero-order valence-corrected chi connectivity index (χ0v) is 9.72. The number of thiol groups is 1. The zero-order chi connectivity index (χ0) is 11.4. The lowest BCUT2D eigenvalue weighted by Crippen LogP contribution is -2.05. The SMILES string of the molecule is O[C@@H](c1ccccc1)[C@@H](S)c1ccccc1. The molecule has 0 saturated heterocycles. The van der Waals surface area contributed by atoms with Gasteiger partial charge in [-0.05, 0) is 11.1 Å². The average Bonchev–Trinajstić information content (AvgIpc) is 2.39. The number of aliphatic hydroxyl groups is 1. The molecule has 0 bridgehead atoms. The van der Waals surface area contributed by atoms with Crippen molar-refractivity contribution < 1.29 is 5.11 Å². The molecule has 0 aliphatic carbocycles. The summed E-state index contributed by atoms with van der Waals surface area (Å²) in [5.74, 6) is 0. The molecular weight excluding hydrogens is 216 g/mol. The summed E-state index contributed by atoms with van der Waals surface area (Å²) < 4.78 is 0. The highest BCUT2D eigenvalue weighted by atomic mass is 32.1. The van der Waals surface area contributed by atoms with Crippen molar-refractivity contribution in [1.29, 1.82) is 0 Å². The van der Waals surface area contributed by atoms with Crippen molar-refractivity contribution in [2.45, 2.75) is 11.4 Å². The van der Waals surface area contributed by atoms with E-state index in [0.717, 1.165) is 11.1 Å². The van der Waals surface area contributed by atoms with Gasteiger partial charge in [0.25, 0.3) is 0 Å². The fourth-order valence-electron chi connectivity index (χ4n) is 1.67. The van der Waals surface area contributed by atoms with Gasteiger partial charge in [-0.15, -0.1) is 0 Å². The minimum absolute atomic E-state index is 0.191. The molecule has 2 rings (SSSR count). The second kappa shape index (κ2) is 5.19. The molecule has 16 heavy (non-hydrogen) atoms. The van der Waals surface area contributed by atoms with Crippen LogP contribution in [0.3, 0.4) is 0 Å². The van der Waals surface area contributed by atoms with Crippen LogP contribution < -0.4 is 0 Å². The molecule has 0 aromatic heterocycles. The van der Waals surface area contributed by atoms with Crippen molar-refractivity contribution >= 4 is 12.6 Å². The molecule has 2 aromatic carbocycles. The van der Waals surface area contributed by atoms with Crippen LogP contribution in [0.5, 0.6) is 0 Å². The van der Waals surface area contributed by atoms with Gasteiger partial charge in [-0.25, -0.2) is 0 Å². The van der Waals surface area contributed by atoms with Crippen molar-refractivity contribution in [3.63, 3.8) is 0 Å². The summed E-state index contributed by atoms with van der Waals surface area (Å²) >= 11 is 4.48. The molecule has 0 aliphatic rings. The lowest BCUT2D eigenvalue weighted by molar-refractivity contribution is 0.175. The van der Waals surface area contributed by atoms with E-state index in [0.29, 0.717) is 0 Å². The second-order valence-electron chi connectivity index (χ2n) is 3.71. The van der Waals surface area contributed by atoms with E-state index in [2.05, 4.69) is 12.6 Å². The van der Waals surface area contributed by atoms with Gasteiger partial charge < -0.3 is 5.11 Å².